The Morgan fingerprint density at radius 3 is 2.94 bits per heavy atom. The van der Waals surface area contributed by atoms with E-state index in [1.807, 2.05) is 6.26 Å². The maximum atomic E-state index is 5.54. The quantitative estimate of drug-likeness (QED) is 0.861. The molecule has 1 aromatic rings. The van der Waals surface area contributed by atoms with Gasteiger partial charge in [-0.15, -0.1) is 0 Å². The van der Waals surface area contributed by atoms with Crippen molar-refractivity contribution in [3.8, 4) is 0 Å². The zero-order chi connectivity index (χ0) is 11.8. The summed E-state index contributed by atoms with van der Waals surface area (Å²) in [6.45, 7) is 4.69. The van der Waals surface area contributed by atoms with Crippen molar-refractivity contribution in [1.29, 1.82) is 0 Å². The van der Waals surface area contributed by atoms with Gasteiger partial charge in [-0.1, -0.05) is 13.8 Å². The van der Waals surface area contributed by atoms with Crippen LogP contribution in [0, 0.1) is 11.8 Å². The first-order valence-corrected chi connectivity index (χ1v) is 7.06. The molecule has 0 saturated heterocycles. The first-order valence-electron chi connectivity index (χ1n) is 7.06. The summed E-state index contributed by atoms with van der Waals surface area (Å²) in [6.07, 6.45) is 8.23. The van der Waals surface area contributed by atoms with E-state index < -0.39 is 0 Å². The Bertz CT molecular complexity index is 376. The van der Waals surface area contributed by atoms with Crippen molar-refractivity contribution in [3.63, 3.8) is 0 Å². The zero-order valence-electron chi connectivity index (χ0n) is 10.9. The molecule has 1 saturated carbocycles. The van der Waals surface area contributed by atoms with Gasteiger partial charge < -0.3 is 9.73 Å². The van der Waals surface area contributed by atoms with Crippen molar-refractivity contribution >= 4 is 0 Å². The Balaban J connectivity index is 1.58. The minimum absolute atomic E-state index is 0.551. The molecule has 1 unspecified atom stereocenters. The third kappa shape index (κ3) is 2.15. The summed E-state index contributed by atoms with van der Waals surface area (Å²) >= 11 is 0. The van der Waals surface area contributed by atoms with Gasteiger partial charge in [0.1, 0.15) is 5.76 Å². The smallest absolute Gasteiger partial charge is 0.108 e. The van der Waals surface area contributed by atoms with Crippen LogP contribution in [0.2, 0.25) is 0 Å². The Hall–Kier alpha value is -0.760. The van der Waals surface area contributed by atoms with Gasteiger partial charge in [-0.25, -0.2) is 0 Å². The molecule has 2 aliphatic carbocycles. The highest BCUT2D eigenvalue weighted by molar-refractivity contribution is 5.24. The molecule has 17 heavy (non-hydrogen) atoms. The highest BCUT2D eigenvalue weighted by Crippen LogP contribution is 2.37. The number of hydrogen-bond donors (Lipinski definition) is 1. The van der Waals surface area contributed by atoms with Crippen molar-refractivity contribution in [2.75, 3.05) is 0 Å². The van der Waals surface area contributed by atoms with E-state index in [0.29, 0.717) is 6.04 Å². The average Bonchev–Trinajstić information content (AvgIpc) is 2.70. The van der Waals surface area contributed by atoms with Gasteiger partial charge in [0.05, 0.1) is 6.26 Å². The lowest BCUT2D eigenvalue weighted by atomic mass is 9.73. The Kier molecular flexibility index (Phi) is 2.99. The average molecular weight is 233 g/mol. The Labute approximate surface area is 104 Å². The van der Waals surface area contributed by atoms with Crippen LogP contribution in [0.5, 0.6) is 0 Å². The van der Waals surface area contributed by atoms with E-state index in [1.165, 1.54) is 37.0 Å². The number of rotatable bonds is 3. The highest BCUT2D eigenvalue weighted by Gasteiger charge is 2.33. The van der Waals surface area contributed by atoms with Gasteiger partial charge in [0.15, 0.2) is 0 Å². The third-order valence-electron chi connectivity index (χ3n) is 4.61. The van der Waals surface area contributed by atoms with Gasteiger partial charge in [0.2, 0.25) is 0 Å². The monoisotopic (exact) mass is 233 g/mol. The lowest BCUT2D eigenvalue weighted by molar-refractivity contribution is 0.153. The van der Waals surface area contributed by atoms with Crippen molar-refractivity contribution < 1.29 is 4.42 Å². The lowest BCUT2D eigenvalue weighted by Crippen LogP contribution is -2.45. The van der Waals surface area contributed by atoms with Crippen LogP contribution < -0.4 is 5.32 Å². The summed E-state index contributed by atoms with van der Waals surface area (Å²) in [5.41, 5.74) is 1.42. The van der Waals surface area contributed by atoms with E-state index in [1.54, 1.807) is 0 Å². The molecular formula is C15H23NO. The second-order valence-corrected chi connectivity index (χ2v) is 6.08. The largest absolute Gasteiger partial charge is 0.469 e. The van der Waals surface area contributed by atoms with Crippen molar-refractivity contribution in [2.24, 2.45) is 11.8 Å². The summed E-state index contributed by atoms with van der Waals surface area (Å²) in [7, 11) is 0. The minimum atomic E-state index is 0.551. The molecule has 1 N–H and O–H groups in total. The van der Waals surface area contributed by atoms with Crippen LogP contribution in [0.1, 0.15) is 56.9 Å². The molecule has 0 spiro atoms. The van der Waals surface area contributed by atoms with Gasteiger partial charge in [-0.05, 0) is 43.6 Å². The molecule has 0 aromatic carbocycles. The fraction of sp³-hybridized carbons (Fsp3) is 0.733. The van der Waals surface area contributed by atoms with Crippen LogP contribution in [0.3, 0.4) is 0 Å². The summed E-state index contributed by atoms with van der Waals surface area (Å²) < 4.78 is 5.54. The Morgan fingerprint density at radius 2 is 2.18 bits per heavy atom. The Morgan fingerprint density at radius 1 is 1.35 bits per heavy atom. The number of aryl methyl sites for hydroxylation is 1. The van der Waals surface area contributed by atoms with Crippen LogP contribution in [-0.2, 0) is 6.42 Å². The first kappa shape index (κ1) is 11.3. The normalized spacial score (nSPS) is 32.3. The fourth-order valence-electron chi connectivity index (χ4n) is 3.29. The molecule has 0 bridgehead atoms. The molecule has 2 nitrogen and oxygen atoms in total. The van der Waals surface area contributed by atoms with E-state index in [9.17, 15) is 0 Å². The van der Waals surface area contributed by atoms with E-state index in [2.05, 4.69) is 25.2 Å². The van der Waals surface area contributed by atoms with Gasteiger partial charge >= 0.3 is 0 Å². The second kappa shape index (κ2) is 4.49. The molecule has 1 heterocycles. The first-order chi connectivity index (χ1) is 8.24. The van der Waals surface area contributed by atoms with Crippen molar-refractivity contribution in [3.05, 3.63) is 23.7 Å². The van der Waals surface area contributed by atoms with Crippen molar-refractivity contribution in [1.82, 2.24) is 5.32 Å². The number of nitrogens with one attached hydrogen (secondary N) is 1. The second-order valence-electron chi connectivity index (χ2n) is 6.08. The summed E-state index contributed by atoms with van der Waals surface area (Å²) in [5, 5.41) is 3.82. The van der Waals surface area contributed by atoms with Crippen LogP contribution in [0.25, 0.3) is 0 Å². The van der Waals surface area contributed by atoms with E-state index in [-0.39, 0.29) is 0 Å². The van der Waals surface area contributed by atoms with Crippen LogP contribution in [0.15, 0.2) is 16.7 Å². The topological polar surface area (TPSA) is 25.2 Å². The molecule has 3 rings (SSSR count). The van der Waals surface area contributed by atoms with E-state index >= 15 is 0 Å². The van der Waals surface area contributed by atoms with Crippen molar-refractivity contribution in [2.45, 2.75) is 58.0 Å². The van der Waals surface area contributed by atoms with Gasteiger partial charge in [0, 0.05) is 24.1 Å². The number of fused-ring (bicyclic) bond motifs is 1. The van der Waals surface area contributed by atoms with Crippen LogP contribution in [-0.4, -0.2) is 6.04 Å². The molecule has 1 fully saturated rings. The molecule has 0 aliphatic heterocycles. The molecule has 94 valence electrons. The fourth-order valence-corrected chi connectivity index (χ4v) is 3.29. The molecular weight excluding hydrogens is 210 g/mol. The van der Waals surface area contributed by atoms with Gasteiger partial charge in [-0.2, -0.15) is 0 Å². The lowest BCUT2D eigenvalue weighted by Gasteiger charge is -2.41. The number of hydrogen-bond acceptors (Lipinski definition) is 2. The van der Waals surface area contributed by atoms with Crippen LogP contribution in [0.4, 0.5) is 0 Å². The predicted molar refractivity (Wildman–Crippen MR) is 68.9 cm³/mol. The highest BCUT2D eigenvalue weighted by atomic mass is 16.3. The molecule has 1 aromatic heterocycles. The minimum Gasteiger partial charge on any atom is -0.469 e. The third-order valence-corrected chi connectivity index (χ3v) is 4.61. The van der Waals surface area contributed by atoms with E-state index in [4.69, 9.17) is 4.42 Å². The summed E-state index contributed by atoms with van der Waals surface area (Å²) in [5.74, 6) is 3.01. The molecule has 0 radical (unpaired) electrons. The summed E-state index contributed by atoms with van der Waals surface area (Å²) in [4.78, 5) is 0. The summed E-state index contributed by atoms with van der Waals surface area (Å²) in [6, 6.07) is 3.45. The zero-order valence-corrected chi connectivity index (χ0v) is 10.9. The molecule has 0 amide bonds. The maximum absolute atomic E-state index is 5.54. The molecule has 2 heteroatoms. The maximum Gasteiger partial charge on any atom is 0.108 e. The SMILES string of the molecule is CC(C)C1CC(NC2CCCc3occc32)C1. The molecule has 2 aliphatic rings. The van der Waals surface area contributed by atoms with Gasteiger partial charge in [-0.3, -0.25) is 0 Å². The van der Waals surface area contributed by atoms with E-state index in [0.717, 1.165) is 24.3 Å². The number of furan rings is 1. The van der Waals surface area contributed by atoms with Gasteiger partial charge in [0.25, 0.3) is 0 Å². The molecule has 1 atom stereocenters. The standard InChI is InChI=1S/C15H23NO/c1-10(2)11-8-12(9-11)16-14-4-3-5-15-13(14)6-7-17-15/h6-7,10-12,14,16H,3-5,8-9H2,1-2H3. The predicted octanol–water partition coefficient (Wildman–Crippen LogP) is 3.68. The van der Waals surface area contributed by atoms with Crippen LogP contribution >= 0.6 is 0 Å².